The Labute approximate surface area is 119 Å². The molecule has 0 radical (unpaired) electrons. The molecule has 0 spiro atoms. The molecule has 1 fully saturated rings. The lowest BCUT2D eigenvalue weighted by molar-refractivity contribution is -0.125. The van der Waals surface area contributed by atoms with Crippen LogP contribution < -0.4 is 10.6 Å². The van der Waals surface area contributed by atoms with Crippen molar-refractivity contribution < 1.29 is 14.4 Å². The van der Waals surface area contributed by atoms with Crippen molar-refractivity contribution in [1.82, 2.24) is 5.32 Å². The molecule has 3 amide bonds. The van der Waals surface area contributed by atoms with Crippen molar-refractivity contribution in [1.29, 1.82) is 0 Å². The van der Waals surface area contributed by atoms with E-state index in [0.29, 0.717) is 10.7 Å². The number of anilines is 1. The van der Waals surface area contributed by atoms with Gasteiger partial charge in [-0.3, -0.25) is 19.7 Å². The van der Waals surface area contributed by atoms with Crippen molar-refractivity contribution in [3.05, 3.63) is 29.3 Å². The van der Waals surface area contributed by atoms with Crippen LogP contribution in [0.2, 0.25) is 5.02 Å². The lowest BCUT2D eigenvalue weighted by Crippen LogP contribution is -2.35. The smallest absolute Gasteiger partial charge is 0.286 e. The normalized spacial score (nSPS) is 20.0. The molecule has 0 saturated carbocycles. The van der Waals surface area contributed by atoms with Crippen LogP contribution in [0.4, 0.5) is 10.5 Å². The van der Waals surface area contributed by atoms with Gasteiger partial charge in [-0.25, -0.2) is 0 Å². The van der Waals surface area contributed by atoms with Crippen LogP contribution in [-0.2, 0) is 9.59 Å². The predicted octanol–water partition coefficient (Wildman–Crippen LogP) is 2.27. The minimum atomic E-state index is -0.681. The molecule has 2 atom stereocenters. The second kappa shape index (κ2) is 5.63. The average molecular weight is 299 g/mol. The number of carbonyl (C=O) groups excluding carboxylic acids is 3. The van der Waals surface area contributed by atoms with Gasteiger partial charge >= 0.3 is 0 Å². The third-order valence-corrected chi connectivity index (χ3v) is 4.14. The first-order chi connectivity index (χ1) is 8.97. The number of carbonyl (C=O) groups is 3. The summed E-state index contributed by atoms with van der Waals surface area (Å²) in [4.78, 5) is 34.5. The summed E-state index contributed by atoms with van der Waals surface area (Å²) in [5.41, 5.74) is 0.594. The van der Waals surface area contributed by atoms with E-state index in [-0.39, 0.29) is 5.91 Å². The molecule has 1 aliphatic rings. The summed E-state index contributed by atoms with van der Waals surface area (Å²) in [7, 11) is 0. The third-order valence-electron chi connectivity index (χ3n) is 2.70. The van der Waals surface area contributed by atoms with Gasteiger partial charge in [0.1, 0.15) is 5.25 Å². The van der Waals surface area contributed by atoms with Crippen LogP contribution in [-0.4, -0.2) is 22.3 Å². The van der Waals surface area contributed by atoms with Gasteiger partial charge in [0, 0.05) is 10.7 Å². The van der Waals surface area contributed by atoms with Crippen LogP contribution >= 0.6 is 23.4 Å². The molecule has 1 aromatic carbocycles. The number of hydrogen-bond acceptors (Lipinski definition) is 4. The number of thioether (sulfide) groups is 1. The van der Waals surface area contributed by atoms with E-state index in [1.54, 1.807) is 31.2 Å². The van der Waals surface area contributed by atoms with Crippen molar-refractivity contribution in [2.75, 3.05) is 5.32 Å². The summed E-state index contributed by atoms with van der Waals surface area (Å²) >= 11 is 6.58. The van der Waals surface area contributed by atoms with Crippen LogP contribution in [0.5, 0.6) is 0 Å². The number of amides is 3. The van der Waals surface area contributed by atoms with E-state index in [4.69, 9.17) is 11.6 Å². The topological polar surface area (TPSA) is 75.3 Å². The number of imide groups is 1. The van der Waals surface area contributed by atoms with Gasteiger partial charge in [-0.15, -0.1) is 0 Å². The fourth-order valence-electron chi connectivity index (χ4n) is 1.63. The number of benzene rings is 1. The Morgan fingerprint density at radius 3 is 2.53 bits per heavy atom. The highest BCUT2D eigenvalue weighted by molar-refractivity contribution is 8.15. The molecule has 7 heteroatoms. The van der Waals surface area contributed by atoms with E-state index >= 15 is 0 Å². The fourth-order valence-corrected chi connectivity index (χ4v) is 2.64. The molecule has 5 nitrogen and oxygen atoms in total. The van der Waals surface area contributed by atoms with E-state index in [1.165, 1.54) is 0 Å². The summed E-state index contributed by atoms with van der Waals surface area (Å²) in [5.74, 6) is -1.34. The monoisotopic (exact) mass is 298 g/mol. The first-order valence-electron chi connectivity index (χ1n) is 5.55. The van der Waals surface area contributed by atoms with Crippen molar-refractivity contribution >= 4 is 46.1 Å². The maximum Gasteiger partial charge on any atom is 0.286 e. The Bertz CT molecular complexity index is 532. The molecular weight excluding hydrogens is 288 g/mol. The van der Waals surface area contributed by atoms with Gasteiger partial charge < -0.3 is 5.32 Å². The Balaban J connectivity index is 2.01. The summed E-state index contributed by atoms with van der Waals surface area (Å²) in [6.07, 6.45) is 0. The lowest BCUT2D eigenvalue weighted by Gasteiger charge is -2.15. The van der Waals surface area contributed by atoms with Gasteiger partial charge in [0.15, 0.2) is 0 Å². The fraction of sp³-hybridized carbons (Fsp3) is 0.250. The Kier molecular flexibility index (Phi) is 4.11. The Hall–Kier alpha value is -1.53. The van der Waals surface area contributed by atoms with Crippen molar-refractivity contribution in [3.8, 4) is 0 Å². The second-order valence-corrected chi connectivity index (χ2v) is 5.65. The number of halogens is 1. The van der Waals surface area contributed by atoms with Gasteiger partial charge in [0.05, 0.1) is 5.92 Å². The maximum absolute atomic E-state index is 12.0. The van der Waals surface area contributed by atoms with Crippen LogP contribution in [0.1, 0.15) is 6.92 Å². The quantitative estimate of drug-likeness (QED) is 0.897. The zero-order chi connectivity index (χ0) is 14.0. The second-order valence-electron chi connectivity index (χ2n) is 4.10. The van der Waals surface area contributed by atoms with E-state index in [2.05, 4.69) is 10.6 Å². The molecule has 1 saturated heterocycles. The van der Waals surface area contributed by atoms with Crippen molar-refractivity contribution in [3.63, 3.8) is 0 Å². The van der Waals surface area contributed by atoms with Gasteiger partial charge in [0.2, 0.25) is 11.8 Å². The maximum atomic E-state index is 12.0. The molecule has 0 unspecified atom stereocenters. The first kappa shape index (κ1) is 13.9. The summed E-state index contributed by atoms with van der Waals surface area (Å²) in [5, 5.41) is 4.32. The first-order valence-corrected chi connectivity index (χ1v) is 6.81. The summed E-state index contributed by atoms with van der Waals surface area (Å²) < 4.78 is 0. The molecule has 1 aromatic rings. The Morgan fingerprint density at radius 2 is 2.00 bits per heavy atom. The molecule has 2 N–H and O–H groups in total. The van der Waals surface area contributed by atoms with Crippen molar-refractivity contribution in [2.45, 2.75) is 12.2 Å². The lowest BCUT2D eigenvalue weighted by atomic mass is 10.1. The van der Waals surface area contributed by atoms with Gasteiger partial charge in [-0.05, 0) is 24.3 Å². The molecule has 1 aliphatic heterocycles. The zero-order valence-corrected chi connectivity index (χ0v) is 11.5. The molecular formula is C12H11ClN2O3S. The number of nitrogens with one attached hydrogen (secondary N) is 2. The van der Waals surface area contributed by atoms with Crippen LogP contribution in [0, 0.1) is 5.92 Å². The molecule has 1 heterocycles. The number of rotatable bonds is 3. The summed E-state index contributed by atoms with van der Waals surface area (Å²) in [6.45, 7) is 1.61. The minimum absolute atomic E-state index is 0.315. The van der Waals surface area contributed by atoms with E-state index < -0.39 is 22.3 Å². The molecule has 19 heavy (non-hydrogen) atoms. The van der Waals surface area contributed by atoms with Crippen LogP contribution in [0.25, 0.3) is 0 Å². The largest absolute Gasteiger partial charge is 0.326 e. The van der Waals surface area contributed by atoms with E-state index in [1.807, 2.05) is 0 Å². The highest BCUT2D eigenvalue weighted by atomic mass is 35.5. The zero-order valence-electron chi connectivity index (χ0n) is 9.98. The molecule has 0 aromatic heterocycles. The van der Waals surface area contributed by atoms with Crippen molar-refractivity contribution in [2.24, 2.45) is 5.92 Å². The highest BCUT2D eigenvalue weighted by Gasteiger charge is 2.38. The van der Waals surface area contributed by atoms with E-state index in [0.717, 1.165) is 11.8 Å². The predicted molar refractivity (Wildman–Crippen MR) is 74.2 cm³/mol. The molecule has 2 rings (SSSR count). The molecule has 0 bridgehead atoms. The van der Waals surface area contributed by atoms with Gasteiger partial charge in [0.25, 0.3) is 5.24 Å². The van der Waals surface area contributed by atoms with Crippen LogP contribution in [0.15, 0.2) is 24.3 Å². The highest BCUT2D eigenvalue weighted by Crippen LogP contribution is 2.27. The minimum Gasteiger partial charge on any atom is -0.326 e. The number of hydrogen-bond donors (Lipinski definition) is 2. The molecule has 0 aliphatic carbocycles. The van der Waals surface area contributed by atoms with Gasteiger partial charge in [-0.2, -0.15) is 0 Å². The van der Waals surface area contributed by atoms with E-state index in [9.17, 15) is 14.4 Å². The van der Waals surface area contributed by atoms with Crippen LogP contribution in [0.3, 0.4) is 0 Å². The third kappa shape index (κ3) is 3.27. The average Bonchev–Trinajstić information content (AvgIpc) is 2.70. The Morgan fingerprint density at radius 1 is 1.37 bits per heavy atom. The summed E-state index contributed by atoms with van der Waals surface area (Å²) in [6, 6.07) is 6.64. The molecule has 100 valence electrons. The SMILES string of the molecule is C[C@H](C(=O)Nc1ccc(Cl)cc1)[C@H]1SC(=O)NC1=O. The van der Waals surface area contributed by atoms with Gasteiger partial charge in [-0.1, -0.05) is 30.3 Å². The standard InChI is InChI=1S/C12H11ClN2O3S/c1-6(9-11(17)15-12(18)19-9)10(16)14-8-4-2-7(13)3-5-8/h2-6,9H,1H3,(H,14,16)(H,15,17,18)/t6-,9+/m0/s1.